The molecule has 104 valence electrons. The van der Waals surface area contributed by atoms with Crippen LogP contribution in [0.4, 0.5) is 0 Å². The average Bonchev–Trinajstić information content (AvgIpc) is 2.40. The van der Waals surface area contributed by atoms with Crippen LogP contribution in [0.2, 0.25) is 0 Å². The molecule has 5 nitrogen and oxygen atoms in total. The Balaban J connectivity index is 2.05. The van der Waals surface area contributed by atoms with Crippen molar-refractivity contribution >= 4 is 5.84 Å². The molecule has 1 saturated carbocycles. The molecule has 0 radical (unpaired) electrons. The molecule has 0 saturated heterocycles. The van der Waals surface area contributed by atoms with E-state index in [2.05, 4.69) is 5.16 Å². The van der Waals surface area contributed by atoms with Crippen molar-refractivity contribution in [2.75, 3.05) is 13.7 Å². The second-order valence-corrected chi connectivity index (χ2v) is 4.78. The normalized spacial score (nSPS) is 15.9. The van der Waals surface area contributed by atoms with Gasteiger partial charge in [-0.25, -0.2) is 0 Å². The molecule has 19 heavy (non-hydrogen) atoms. The van der Waals surface area contributed by atoms with E-state index in [1.807, 2.05) is 0 Å². The van der Waals surface area contributed by atoms with E-state index < -0.39 is 0 Å². The van der Waals surface area contributed by atoms with Gasteiger partial charge in [0.25, 0.3) is 0 Å². The third-order valence-electron chi connectivity index (χ3n) is 3.58. The number of nitrogens with zero attached hydrogens (tertiary/aromatic N) is 1. The summed E-state index contributed by atoms with van der Waals surface area (Å²) < 4.78 is 10.9. The molecule has 0 bridgehead atoms. The summed E-state index contributed by atoms with van der Waals surface area (Å²) in [5, 5.41) is 11.8. The first kappa shape index (κ1) is 13.5. The minimum Gasteiger partial charge on any atom is -0.497 e. The molecule has 5 heteroatoms. The van der Waals surface area contributed by atoms with E-state index >= 15 is 0 Å². The van der Waals surface area contributed by atoms with E-state index in [0.717, 1.165) is 12.3 Å². The van der Waals surface area contributed by atoms with Gasteiger partial charge >= 0.3 is 0 Å². The summed E-state index contributed by atoms with van der Waals surface area (Å²) in [5.74, 6) is 2.11. The number of ether oxygens (including phenoxy) is 2. The Kier molecular flexibility index (Phi) is 4.49. The van der Waals surface area contributed by atoms with E-state index in [0.29, 0.717) is 23.7 Å². The van der Waals surface area contributed by atoms with Crippen LogP contribution in [0.15, 0.2) is 23.4 Å². The van der Waals surface area contributed by atoms with Crippen molar-refractivity contribution in [3.8, 4) is 11.5 Å². The van der Waals surface area contributed by atoms with Gasteiger partial charge in [0.15, 0.2) is 5.84 Å². The average molecular weight is 264 g/mol. The lowest BCUT2D eigenvalue weighted by molar-refractivity contribution is 0.221. The highest BCUT2D eigenvalue weighted by atomic mass is 16.5. The third-order valence-corrected chi connectivity index (χ3v) is 3.58. The van der Waals surface area contributed by atoms with Crippen LogP contribution in [0.3, 0.4) is 0 Å². The van der Waals surface area contributed by atoms with Crippen molar-refractivity contribution in [2.45, 2.75) is 25.7 Å². The van der Waals surface area contributed by atoms with Gasteiger partial charge in [-0.3, -0.25) is 0 Å². The topological polar surface area (TPSA) is 77.1 Å². The SMILES string of the molecule is COc1ccc(/C(N)=N/O)c(OCCC2CCC2)c1. The lowest BCUT2D eigenvalue weighted by Crippen LogP contribution is -2.17. The Labute approximate surface area is 113 Å². The number of benzene rings is 1. The maximum atomic E-state index is 8.78. The van der Waals surface area contributed by atoms with Gasteiger partial charge in [0, 0.05) is 6.07 Å². The highest BCUT2D eigenvalue weighted by molar-refractivity contribution is 5.99. The first-order chi connectivity index (χ1) is 9.24. The Morgan fingerprint density at radius 1 is 1.47 bits per heavy atom. The number of rotatable bonds is 6. The zero-order chi connectivity index (χ0) is 13.7. The van der Waals surface area contributed by atoms with Gasteiger partial charge in [-0.05, 0) is 24.5 Å². The first-order valence-corrected chi connectivity index (χ1v) is 6.53. The van der Waals surface area contributed by atoms with Crippen LogP contribution < -0.4 is 15.2 Å². The first-order valence-electron chi connectivity index (χ1n) is 6.53. The lowest BCUT2D eigenvalue weighted by Gasteiger charge is -2.25. The van der Waals surface area contributed by atoms with E-state index in [1.54, 1.807) is 25.3 Å². The predicted molar refractivity (Wildman–Crippen MR) is 73.0 cm³/mol. The maximum absolute atomic E-state index is 8.78. The van der Waals surface area contributed by atoms with E-state index in [4.69, 9.17) is 20.4 Å². The third kappa shape index (κ3) is 3.30. The molecule has 0 aromatic heterocycles. The van der Waals surface area contributed by atoms with Crippen LogP contribution in [0, 0.1) is 5.92 Å². The molecular weight excluding hydrogens is 244 g/mol. The highest BCUT2D eigenvalue weighted by Gasteiger charge is 2.17. The molecule has 3 N–H and O–H groups in total. The Hall–Kier alpha value is -1.91. The summed E-state index contributed by atoms with van der Waals surface area (Å²) in [5.41, 5.74) is 6.22. The molecule has 0 spiro atoms. The summed E-state index contributed by atoms with van der Waals surface area (Å²) in [6, 6.07) is 5.24. The standard InChI is InChI=1S/C14H20N2O3/c1-18-11-5-6-12(14(15)16-17)13(9-11)19-8-7-10-3-2-4-10/h5-6,9-10,17H,2-4,7-8H2,1H3,(H2,15,16). The largest absolute Gasteiger partial charge is 0.497 e. The molecular formula is C14H20N2O3. The van der Waals surface area contributed by atoms with Gasteiger partial charge in [0.1, 0.15) is 11.5 Å². The van der Waals surface area contributed by atoms with Gasteiger partial charge in [0.2, 0.25) is 0 Å². The monoisotopic (exact) mass is 264 g/mol. The Morgan fingerprint density at radius 3 is 2.84 bits per heavy atom. The number of nitrogens with two attached hydrogens (primary N) is 1. The number of amidine groups is 1. The maximum Gasteiger partial charge on any atom is 0.173 e. The summed E-state index contributed by atoms with van der Waals surface area (Å²) in [7, 11) is 1.59. The molecule has 2 rings (SSSR count). The van der Waals surface area contributed by atoms with Crippen molar-refractivity contribution in [1.29, 1.82) is 0 Å². The predicted octanol–water partition coefficient (Wildman–Crippen LogP) is 2.36. The number of methoxy groups -OCH3 is 1. The van der Waals surface area contributed by atoms with Crippen LogP contribution in [-0.4, -0.2) is 24.8 Å². The number of oxime groups is 1. The second kappa shape index (κ2) is 6.31. The molecule has 0 atom stereocenters. The van der Waals surface area contributed by atoms with Crippen molar-refractivity contribution < 1.29 is 14.7 Å². The smallest absolute Gasteiger partial charge is 0.173 e. The molecule has 0 unspecified atom stereocenters. The molecule has 1 fully saturated rings. The van der Waals surface area contributed by atoms with Gasteiger partial charge in [0.05, 0.1) is 19.3 Å². The van der Waals surface area contributed by atoms with Crippen LogP contribution in [0.25, 0.3) is 0 Å². The molecule has 1 aliphatic rings. The van der Waals surface area contributed by atoms with Crippen LogP contribution >= 0.6 is 0 Å². The highest BCUT2D eigenvalue weighted by Crippen LogP contribution is 2.30. The fourth-order valence-corrected chi connectivity index (χ4v) is 2.13. The number of hydrogen-bond donors (Lipinski definition) is 2. The van der Waals surface area contributed by atoms with Crippen LogP contribution in [-0.2, 0) is 0 Å². The van der Waals surface area contributed by atoms with Crippen LogP contribution in [0.1, 0.15) is 31.2 Å². The fourth-order valence-electron chi connectivity index (χ4n) is 2.13. The molecule has 0 aliphatic heterocycles. The Morgan fingerprint density at radius 2 is 2.26 bits per heavy atom. The summed E-state index contributed by atoms with van der Waals surface area (Å²) in [4.78, 5) is 0. The fraction of sp³-hybridized carbons (Fsp3) is 0.500. The summed E-state index contributed by atoms with van der Waals surface area (Å²) >= 11 is 0. The van der Waals surface area contributed by atoms with Crippen molar-refractivity contribution in [2.24, 2.45) is 16.8 Å². The van der Waals surface area contributed by atoms with Crippen molar-refractivity contribution in [1.82, 2.24) is 0 Å². The molecule has 1 aliphatic carbocycles. The second-order valence-electron chi connectivity index (χ2n) is 4.78. The van der Waals surface area contributed by atoms with Crippen LogP contribution in [0.5, 0.6) is 11.5 Å². The quantitative estimate of drug-likeness (QED) is 0.358. The van der Waals surface area contributed by atoms with Gasteiger partial charge in [-0.15, -0.1) is 0 Å². The lowest BCUT2D eigenvalue weighted by atomic mass is 9.83. The van der Waals surface area contributed by atoms with Crippen molar-refractivity contribution in [3.63, 3.8) is 0 Å². The molecule has 0 amide bonds. The zero-order valence-corrected chi connectivity index (χ0v) is 11.1. The number of hydrogen-bond acceptors (Lipinski definition) is 4. The minimum absolute atomic E-state index is 0.0429. The molecule has 0 heterocycles. The molecule has 1 aromatic carbocycles. The van der Waals surface area contributed by atoms with Gasteiger partial charge < -0.3 is 20.4 Å². The van der Waals surface area contributed by atoms with E-state index in [9.17, 15) is 0 Å². The van der Waals surface area contributed by atoms with E-state index in [1.165, 1.54) is 19.3 Å². The van der Waals surface area contributed by atoms with E-state index in [-0.39, 0.29) is 5.84 Å². The van der Waals surface area contributed by atoms with Gasteiger partial charge in [-0.1, -0.05) is 24.4 Å². The minimum atomic E-state index is 0.0429. The van der Waals surface area contributed by atoms with Gasteiger partial charge in [-0.2, -0.15) is 0 Å². The summed E-state index contributed by atoms with van der Waals surface area (Å²) in [6.07, 6.45) is 4.98. The Bertz CT molecular complexity index is 456. The molecule has 1 aromatic rings. The van der Waals surface area contributed by atoms with Crippen molar-refractivity contribution in [3.05, 3.63) is 23.8 Å². The zero-order valence-electron chi connectivity index (χ0n) is 11.1. The summed E-state index contributed by atoms with van der Waals surface area (Å²) in [6.45, 7) is 0.642.